The van der Waals surface area contributed by atoms with Gasteiger partial charge in [-0.2, -0.15) is 0 Å². The van der Waals surface area contributed by atoms with E-state index < -0.39 is 10.0 Å². The van der Waals surface area contributed by atoms with Crippen LogP contribution in [0.25, 0.3) is 0 Å². The van der Waals surface area contributed by atoms with Crippen LogP contribution in [0.3, 0.4) is 0 Å². The van der Waals surface area contributed by atoms with Gasteiger partial charge in [-0.25, -0.2) is 4.79 Å². The van der Waals surface area contributed by atoms with Gasteiger partial charge in [0.25, 0.3) is 0 Å². The number of carbonyl (C=O) groups excluding carboxylic acids is 2. The quantitative estimate of drug-likeness (QED) is 0.111. The molecule has 33 heavy (non-hydrogen) atoms. The predicted octanol–water partition coefficient (Wildman–Crippen LogP) is 9.15. The van der Waals surface area contributed by atoms with Gasteiger partial charge in [0.05, 0.1) is 0 Å². The van der Waals surface area contributed by atoms with Gasteiger partial charge in [0.15, 0.2) is 14.3 Å². The lowest BCUT2D eigenvalue weighted by Crippen LogP contribution is -2.30. The summed E-state index contributed by atoms with van der Waals surface area (Å²) in [5, 5.41) is 9.41. The average Bonchev–Trinajstić information content (AvgIpc) is 2.76. The molecule has 0 atom stereocenters. The van der Waals surface area contributed by atoms with Crippen molar-refractivity contribution in [3.8, 4) is 0 Å². The van der Waals surface area contributed by atoms with Crippen LogP contribution >= 0.6 is 23.5 Å². The first kappa shape index (κ1) is 32.5. The normalized spacial score (nSPS) is 11.6. The lowest BCUT2D eigenvalue weighted by Gasteiger charge is -2.21. The summed E-state index contributed by atoms with van der Waals surface area (Å²) in [6, 6.07) is 0. The molecule has 4 nitrogen and oxygen atoms in total. The molecule has 0 radical (unpaired) electrons. The highest BCUT2D eigenvalue weighted by molar-refractivity contribution is 8.31. The van der Waals surface area contributed by atoms with Crippen LogP contribution in [-0.2, 0) is 14.4 Å². The number of carboxylic acid groups (broad SMARTS) is 1. The Hall–Kier alpha value is -0.490. The Morgan fingerprint density at radius 3 is 1.09 bits per heavy atom. The fourth-order valence-electron chi connectivity index (χ4n) is 3.80. The van der Waals surface area contributed by atoms with Gasteiger partial charge >= 0.3 is 5.97 Å². The fraction of sp³-hybridized carbons (Fsp3) is 0.889. The SMILES string of the molecule is CCCCCCCCCCCC(=O)SC(C)(SC(=O)CCCCCCCCCCC)C(=O)O. The van der Waals surface area contributed by atoms with Gasteiger partial charge in [0.2, 0.25) is 0 Å². The molecule has 0 aliphatic heterocycles. The molecule has 0 unspecified atom stereocenters. The summed E-state index contributed by atoms with van der Waals surface area (Å²) in [4.78, 5) is 36.5. The molecule has 0 amide bonds. The molecule has 0 saturated carbocycles. The van der Waals surface area contributed by atoms with E-state index in [0.717, 1.165) is 62.0 Å². The topological polar surface area (TPSA) is 71.4 Å². The molecular formula is C27H50O4S2. The summed E-state index contributed by atoms with van der Waals surface area (Å²) in [7, 11) is 0. The fourth-order valence-corrected chi connectivity index (χ4v) is 6.07. The number of carboxylic acids is 1. The molecule has 0 fully saturated rings. The summed E-state index contributed by atoms with van der Waals surface area (Å²) in [5.41, 5.74) is 0. The van der Waals surface area contributed by atoms with Crippen LogP contribution in [0.4, 0.5) is 0 Å². The van der Waals surface area contributed by atoms with Gasteiger partial charge in [-0.1, -0.05) is 140 Å². The Bertz CT molecular complexity index is 486. The lowest BCUT2D eigenvalue weighted by atomic mass is 10.1. The molecule has 0 rings (SSSR count). The molecule has 0 spiro atoms. The standard InChI is InChI=1S/C27H50O4S2/c1-4-6-8-10-12-14-16-18-20-22-24(28)32-27(3,26(30)31)33-25(29)23-21-19-17-15-13-11-9-7-5-2/h4-23H2,1-3H3,(H,30,31). The molecular weight excluding hydrogens is 452 g/mol. The molecule has 0 bridgehead atoms. The molecule has 0 aromatic carbocycles. The van der Waals surface area contributed by atoms with Gasteiger partial charge in [0.1, 0.15) is 0 Å². The molecule has 0 aliphatic carbocycles. The molecule has 0 saturated heterocycles. The minimum Gasteiger partial charge on any atom is -0.480 e. The van der Waals surface area contributed by atoms with Crippen molar-refractivity contribution in [3.63, 3.8) is 0 Å². The molecule has 6 heteroatoms. The first-order valence-electron chi connectivity index (χ1n) is 13.5. The number of thioether (sulfide) groups is 2. The predicted molar refractivity (Wildman–Crippen MR) is 145 cm³/mol. The molecule has 0 aromatic heterocycles. The number of hydrogen-bond acceptors (Lipinski definition) is 5. The van der Waals surface area contributed by atoms with Crippen molar-refractivity contribution in [1.82, 2.24) is 0 Å². The van der Waals surface area contributed by atoms with Crippen molar-refractivity contribution in [2.75, 3.05) is 0 Å². The number of rotatable bonds is 23. The first-order chi connectivity index (χ1) is 15.9. The highest BCUT2D eigenvalue weighted by Gasteiger charge is 2.39. The van der Waals surface area contributed by atoms with Crippen molar-refractivity contribution in [1.29, 1.82) is 0 Å². The van der Waals surface area contributed by atoms with E-state index in [-0.39, 0.29) is 10.2 Å². The van der Waals surface area contributed by atoms with Crippen LogP contribution in [0.15, 0.2) is 0 Å². The third-order valence-corrected chi connectivity index (χ3v) is 8.47. The summed E-state index contributed by atoms with van der Waals surface area (Å²) in [6.45, 7) is 5.93. The molecule has 0 aliphatic rings. The van der Waals surface area contributed by atoms with E-state index >= 15 is 0 Å². The van der Waals surface area contributed by atoms with Crippen molar-refractivity contribution in [2.45, 2.75) is 153 Å². The van der Waals surface area contributed by atoms with Crippen LogP contribution in [0.1, 0.15) is 149 Å². The van der Waals surface area contributed by atoms with E-state index in [1.807, 2.05) is 0 Å². The molecule has 0 heterocycles. The van der Waals surface area contributed by atoms with Crippen molar-refractivity contribution >= 4 is 39.7 Å². The highest BCUT2D eigenvalue weighted by atomic mass is 32.2. The van der Waals surface area contributed by atoms with E-state index in [1.54, 1.807) is 0 Å². The van der Waals surface area contributed by atoms with E-state index in [2.05, 4.69) is 13.8 Å². The third-order valence-electron chi connectivity index (χ3n) is 5.97. The average molecular weight is 503 g/mol. The molecule has 0 aromatic rings. The third kappa shape index (κ3) is 19.5. The number of carbonyl (C=O) groups is 3. The maximum atomic E-state index is 12.4. The van der Waals surface area contributed by atoms with E-state index in [0.29, 0.717) is 12.8 Å². The van der Waals surface area contributed by atoms with Gasteiger partial charge < -0.3 is 5.11 Å². The maximum Gasteiger partial charge on any atom is 0.330 e. The van der Waals surface area contributed by atoms with Gasteiger partial charge in [-0.3, -0.25) is 9.59 Å². The van der Waals surface area contributed by atoms with Crippen LogP contribution in [-0.4, -0.2) is 25.4 Å². The Labute approximate surface area is 212 Å². The lowest BCUT2D eigenvalue weighted by molar-refractivity contribution is -0.137. The van der Waals surface area contributed by atoms with E-state index in [4.69, 9.17) is 0 Å². The Morgan fingerprint density at radius 2 is 0.818 bits per heavy atom. The second-order valence-corrected chi connectivity index (χ2v) is 12.6. The summed E-state index contributed by atoms with van der Waals surface area (Å²) in [5.74, 6) is -1.10. The minimum absolute atomic E-state index is 0.119. The Balaban J connectivity index is 4.00. The van der Waals surface area contributed by atoms with Gasteiger partial charge in [-0.15, -0.1) is 0 Å². The number of aliphatic carboxylic acids is 1. The second-order valence-electron chi connectivity index (χ2n) is 9.36. The zero-order chi connectivity index (χ0) is 24.8. The zero-order valence-electron chi connectivity index (χ0n) is 21.6. The highest BCUT2D eigenvalue weighted by Crippen LogP contribution is 2.40. The first-order valence-corrected chi connectivity index (χ1v) is 15.2. The second kappa shape index (κ2) is 22.0. The maximum absolute atomic E-state index is 12.4. The van der Waals surface area contributed by atoms with Gasteiger partial charge in [0, 0.05) is 12.8 Å². The zero-order valence-corrected chi connectivity index (χ0v) is 23.3. The largest absolute Gasteiger partial charge is 0.480 e. The van der Waals surface area contributed by atoms with E-state index in [9.17, 15) is 19.5 Å². The van der Waals surface area contributed by atoms with Crippen molar-refractivity contribution in [3.05, 3.63) is 0 Å². The summed E-state index contributed by atoms with van der Waals surface area (Å²) < 4.78 is -1.42. The molecule has 194 valence electrons. The number of hydrogen-bond donors (Lipinski definition) is 1. The summed E-state index contributed by atoms with van der Waals surface area (Å²) in [6.07, 6.45) is 22.0. The van der Waals surface area contributed by atoms with Crippen LogP contribution in [0, 0.1) is 0 Å². The Morgan fingerprint density at radius 1 is 0.545 bits per heavy atom. The Kier molecular flexibility index (Phi) is 21.7. The number of unbranched alkanes of at least 4 members (excludes halogenated alkanes) is 16. The van der Waals surface area contributed by atoms with Crippen LogP contribution in [0.2, 0.25) is 0 Å². The smallest absolute Gasteiger partial charge is 0.330 e. The molecule has 1 N–H and O–H groups in total. The van der Waals surface area contributed by atoms with Crippen molar-refractivity contribution in [2.24, 2.45) is 0 Å². The van der Waals surface area contributed by atoms with Gasteiger partial charge in [-0.05, 0) is 19.8 Å². The van der Waals surface area contributed by atoms with Crippen LogP contribution < -0.4 is 0 Å². The summed E-state index contributed by atoms with van der Waals surface area (Å²) >= 11 is 1.64. The monoisotopic (exact) mass is 502 g/mol. The van der Waals surface area contributed by atoms with Crippen molar-refractivity contribution < 1.29 is 19.5 Å². The minimum atomic E-state index is -1.42. The van der Waals surface area contributed by atoms with Crippen LogP contribution in [0.5, 0.6) is 0 Å². The van der Waals surface area contributed by atoms with E-state index in [1.165, 1.54) is 84.0 Å².